The summed E-state index contributed by atoms with van der Waals surface area (Å²) in [6.45, 7) is 0.414. The van der Waals surface area contributed by atoms with Gasteiger partial charge in [0.1, 0.15) is 11.3 Å². The maximum Gasteiger partial charge on any atom is 0.178 e. The molecule has 0 saturated heterocycles. The molecule has 4 aromatic rings. The molecule has 3 aromatic carbocycles. The minimum absolute atomic E-state index is 0.283. The van der Waals surface area contributed by atoms with Gasteiger partial charge < -0.3 is 4.74 Å². The Morgan fingerprint density at radius 3 is 2.40 bits per heavy atom. The molecule has 0 aliphatic carbocycles. The maximum atomic E-state index is 13.3. The lowest BCUT2D eigenvalue weighted by Gasteiger charge is -2.19. The Kier molecular flexibility index (Phi) is 4.23. The van der Waals surface area contributed by atoms with Crippen LogP contribution in [0.4, 0.5) is 4.39 Å². The third-order valence-corrected chi connectivity index (χ3v) is 4.01. The largest absolute Gasteiger partial charge is 0.347 e. The van der Waals surface area contributed by atoms with Crippen LogP contribution in [0.1, 0.15) is 17.4 Å². The summed E-state index contributed by atoms with van der Waals surface area (Å²) in [6, 6.07) is 23.9. The summed E-state index contributed by atoms with van der Waals surface area (Å²) in [7, 11) is 0. The van der Waals surface area contributed by atoms with Gasteiger partial charge in [0, 0.05) is 5.56 Å². The van der Waals surface area contributed by atoms with Crippen molar-refractivity contribution >= 4 is 11.0 Å². The topological polar surface area (TPSA) is 39.9 Å². The first kappa shape index (κ1) is 15.5. The lowest BCUT2D eigenvalue weighted by atomic mass is 10.2. The van der Waals surface area contributed by atoms with E-state index in [9.17, 15) is 4.39 Å². The van der Waals surface area contributed by atoms with Crippen LogP contribution in [0.5, 0.6) is 0 Å². The number of rotatable bonds is 5. The molecule has 0 aliphatic rings. The number of nitrogens with zero attached hydrogens (tertiary/aromatic N) is 3. The van der Waals surface area contributed by atoms with Crippen LogP contribution < -0.4 is 0 Å². The fraction of sp³-hybridized carbons (Fsp3) is 0.100. The first-order valence-corrected chi connectivity index (χ1v) is 8.02. The Morgan fingerprint density at radius 1 is 0.880 bits per heavy atom. The van der Waals surface area contributed by atoms with E-state index in [1.165, 1.54) is 12.1 Å². The Labute approximate surface area is 144 Å². The zero-order chi connectivity index (χ0) is 17.1. The number of benzene rings is 3. The average molecular weight is 333 g/mol. The van der Waals surface area contributed by atoms with Gasteiger partial charge in [0.2, 0.25) is 0 Å². The van der Waals surface area contributed by atoms with E-state index in [-0.39, 0.29) is 5.82 Å². The number of aromatic nitrogens is 3. The molecule has 1 atom stereocenters. The van der Waals surface area contributed by atoms with Crippen LogP contribution in [0.25, 0.3) is 11.0 Å². The Hall–Kier alpha value is -3.05. The van der Waals surface area contributed by atoms with Gasteiger partial charge in [-0.3, -0.25) is 0 Å². The van der Waals surface area contributed by atoms with Crippen molar-refractivity contribution in [2.45, 2.75) is 12.8 Å². The molecule has 4 rings (SSSR count). The molecule has 1 heterocycles. The number of hydrogen-bond acceptors (Lipinski definition) is 3. The lowest BCUT2D eigenvalue weighted by Crippen LogP contribution is -2.16. The van der Waals surface area contributed by atoms with Gasteiger partial charge in [-0.2, -0.15) is 0 Å². The van der Waals surface area contributed by atoms with Crippen LogP contribution in [0.2, 0.25) is 0 Å². The average Bonchev–Trinajstić information content (AvgIpc) is 3.08. The van der Waals surface area contributed by atoms with Gasteiger partial charge in [-0.05, 0) is 29.8 Å². The monoisotopic (exact) mass is 333 g/mol. The summed E-state index contributed by atoms with van der Waals surface area (Å²) in [5.41, 5.74) is 3.52. The molecule has 0 saturated carbocycles. The van der Waals surface area contributed by atoms with Crippen LogP contribution in [0.3, 0.4) is 0 Å². The highest BCUT2D eigenvalue weighted by Gasteiger charge is 2.18. The first-order valence-electron chi connectivity index (χ1n) is 8.02. The standard InChI is InChI=1S/C20H16FN3O/c21-17-12-10-16(11-13-17)20(25-14-15-6-2-1-3-7-15)24-19-9-5-4-8-18(19)22-23-24/h1-13,20H,14H2. The highest BCUT2D eigenvalue weighted by Crippen LogP contribution is 2.25. The highest BCUT2D eigenvalue weighted by molar-refractivity contribution is 5.74. The Balaban J connectivity index is 1.71. The molecule has 5 heteroatoms. The molecule has 25 heavy (non-hydrogen) atoms. The fourth-order valence-corrected chi connectivity index (χ4v) is 2.75. The summed E-state index contributed by atoms with van der Waals surface area (Å²) in [5.74, 6) is -0.283. The van der Waals surface area contributed by atoms with Gasteiger partial charge in [-0.15, -0.1) is 5.10 Å². The van der Waals surface area contributed by atoms with E-state index in [1.807, 2.05) is 54.6 Å². The van der Waals surface area contributed by atoms with Crippen LogP contribution in [-0.2, 0) is 11.3 Å². The second kappa shape index (κ2) is 6.83. The first-order chi connectivity index (χ1) is 12.3. The van der Waals surface area contributed by atoms with Gasteiger partial charge in [-0.25, -0.2) is 9.07 Å². The van der Waals surface area contributed by atoms with Gasteiger partial charge in [-0.1, -0.05) is 59.8 Å². The van der Waals surface area contributed by atoms with E-state index in [2.05, 4.69) is 10.3 Å². The molecule has 1 aromatic heterocycles. The molecule has 0 aliphatic heterocycles. The zero-order valence-electron chi connectivity index (χ0n) is 13.4. The van der Waals surface area contributed by atoms with E-state index in [0.717, 1.165) is 22.2 Å². The van der Waals surface area contributed by atoms with Crippen molar-refractivity contribution in [2.24, 2.45) is 0 Å². The van der Waals surface area contributed by atoms with E-state index >= 15 is 0 Å². The van der Waals surface area contributed by atoms with Crippen LogP contribution in [-0.4, -0.2) is 15.0 Å². The summed E-state index contributed by atoms with van der Waals surface area (Å²) in [5, 5.41) is 8.45. The van der Waals surface area contributed by atoms with Crippen LogP contribution >= 0.6 is 0 Å². The molecule has 1 unspecified atom stereocenters. The molecule has 0 fully saturated rings. The second-order valence-electron chi connectivity index (χ2n) is 5.72. The summed E-state index contributed by atoms with van der Waals surface area (Å²) >= 11 is 0. The fourth-order valence-electron chi connectivity index (χ4n) is 2.75. The molecule has 4 nitrogen and oxygen atoms in total. The van der Waals surface area contributed by atoms with Crippen molar-refractivity contribution in [3.8, 4) is 0 Å². The van der Waals surface area contributed by atoms with Crippen molar-refractivity contribution in [3.63, 3.8) is 0 Å². The zero-order valence-corrected chi connectivity index (χ0v) is 13.4. The SMILES string of the molecule is Fc1ccc(C(OCc2ccccc2)n2nnc3ccccc32)cc1. The van der Waals surface area contributed by atoms with Crippen molar-refractivity contribution in [1.82, 2.24) is 15.0 Å². The van der Waals surface area contributed by atoms with Gasteiger partial charge in [0.05, 0.1) is 12.1 Å². The number of halogens is 1. The molecule has 124 valence electrons. The normalized spacial score (nSPS) is 12.4. The number of hydrogen-bond donors (Lipinski definition) is 0. The molecule has 0 spiro atoms. The predicted octanol–water partition coefficient (Wildman–Crippen LogP) is 4.33. The number of para-hydroxylation sites is 1. The molecule has 0 N–H and O–H groups in total. The third kappa shape index (κ3) is 3.27. The van der Waals surface area contributed by atoms with Gasteiger partial charge in [0.25, 0.3) is 0 Å². The number of fused-ring (bicyclic) bond motifs is 1. The van der Waals surface area contributed by atoms with Crippen LogP contribution in [0, 0.1) is 5.82 Å². The predicted molar refractivity (Wildman–Crippen MR) is 93.3 cm³/mol. The van der Waals surface area contributed by atoms with Crippen molar-refractivity contribution < 1.29 is 9.13 Å². The van der Waals surface area contributed by atoms with Crippen LogP contribution in [0.15, 0.2) is 78.9 Å². The molecule has 0 radical (unpaired) electrons. The summed E-state index contributed by atoms with van der Waals surface area (Å²) in [6.07, 6.45) is -0.492. The van der Waals surface area contributed by atoms with E-state index in [1.54, 1.807) is 16.8 Å². The quantitative estimate of drug-likeness (QED) is 0.546. The second-order valence-corrected chi connectivity index (χ2v) is 5.72. The van der Waals surface area contributed by atoms with E-state index in [4.69, 9.17) is 4.74 Å². The smallest absolute Gasteiger partial charge is 0.178 e. The van der Waals surface area contributed by atoms with Crippen molar-refractivity contribution in [2.75, 3.05) is 0 Å². The van der Waals surface area contributed by atoms with E-state index in [0.29, 0.717) is 6.61 Å². The summed E-state index contributed by atoms with van der Waals surface area (Å²) in [4.78, 5) is 0. The highest BCUT2D eigenvalue weighted by atomic mass is 19.1. The summed E-state index contributed by atoms with van der Waals surface area (Å²) < 4.78 is 21.2. The van der Waals surface area contributed by atoms with Gasteiger partial charge in [0.15, 0.2) is 6.23 Å². The number of ether oxygens (including phenoxy) is 1. The van der Waals surface area contributed by atoms with Crippen molar-refractivity contribution in [3.05, 3.63) is 95.8 Å². The minimum atomic E-state index is -0.492. The minimum Gasteiger partial charge on any atom is -0.347 e. The molecular weight excluding hydrogens is 317 g/mol. The Morgan fingerprint density at radius 2 is 1.60 bits per heavy atom. The maximum absolute atomic E-state index is 13.3. The van der Waals surface area contributed by atoms with Gasteiger partial charge >= 0.3 is 0 Å². The van der Waals surface area contributed by atoms with Crippen molar-refractivity contribution in [1.29, 1.82) is 0 Å². The van der Waals surface area contributed by atoms with E-state index < -0.39 is 6.23 Å². The lowest BCUT2D eigenvalue weighted by molar-refractivity contribution is 0.0132. The molecular formula is C20H16FN3O. The Bertz CT molecular complexity index is 967. The molecule has 0 amide bonds. The molecule has 0 bridgehead atoms. The third-order valence-electron chi connectivity index (χ3n) is 4.01.